The molecule has 0 saturated carbocycles. The fraction of sp³-hybridized carbons (Fsp3) is 0.286. The molecule has 1 rings (SSSR count). The van der Waals surface area contributed by atoms with Gasteiger partial charge in [0.1, 0.15) is 0 Å². The Morgan fingerprint density at radius 1 is 1.38 bits per heavy atom. The highest BCUT2D eigenvalue weighted by molar-refractivity contribution is 8.03. The summed E-state index contributed by atoms with van der Waals surface area (Å²) in [6, 6.07) is 10.1. The third-order valence-electron chi connectivity index (χ3n) is 2.04. The summed E-state index contributed by atoms with van der Waals surface area (Å²) in [6.07, 6.45) is 4.63. The lowest BCUT2D eigenvalue weighted by atomic mass is 10.1. The summed E-state index contributed by atoms with van der Waals surface area (Å²) in [6.45, 7) is 7.29. The van der Waals surface area contributed by atoms with Crippen LogP contribution in [0.25, 0.3) is 0 Å². The van der Waals surface area contributed by atoms with E-state index >= 15 is 0 Å². The van der Waals surface area contributed by atoms with Crippen molar-refractivity contribution in [2.75, 3.05) is 0 Å². The van der Waals surface area contributed by atoms with Gasteiger partial charge in [0.25, 0.3) is 0 Å². The van der Waals surface area contributed by atoms with Crippen molar-refractivity contribution in [3.05, 3.63) is 54.0 Å². The minimum atomic E-state index is -0.802. The molecule has 1 aromatic rings. The molecular formula is C14H18OS. The quantitative estimate of drug-likeness (QED) is 0.613. The molecule has 0 aromatic heterocycles. The number of hydrogen-bond donors (Lipinski definition) is 1. The van der Waals surface area contributed by atoms with Crippen LogP contribution in [0.4, 0.5) is 0 Å². The molecule has 0 radical (unpaired) electrons. The fourth-order valence-electron chi connectivity index (χ4n) is 1.22. The van der Waals surface area contributed by atoms with Crippen molar-refractivity contribution in [2.45, 2.75) is 30.8 Å². The van der Waals surface area contributed by atoms with Crippen molar-refractivity contribution < 1.29 is 5.11 Å². The van der Waals surface area contributed by atoms with Crippen LogP contribution in [-0.4, -0.2) is 10.7 Å². The number of hydrogen-bond acceptors (Lipinski definition) is 2. The number of benzene rings is 1. The van der Waals surface area contributed by atoms with Crippen LogP contribution in [0.5, 0.6) is 0 Å². The molecule has 0 bridgehead atoms. The average molecular weight is 234 g/mol. The highest BCUT2D eigenvalue weighted by Crippen LogP contribution is 2.34. The number of thioether (sulfide) groups is 1. The molecule has 1 N–H and O–H groups in total. The van der Waals surface area contributed by atoms with E-state index in [-0.39, 0.29) is 0 Å². The predicted octanol–water partition coefficient (Wildman–Crippen LogP) is 4.01. The van der Waals surface area contributed by atoms with Crippen molar-refractivity contribution in [3.8, 4) is 0 Å². The first-order valence-electron chi connectivity index (χ1n) is 5.31. The molecular weight excluding hydrogens is 216 g/mol. The van der Waals surface area contributed by atoms with E-state index in [4.69, 9.17) is 0 Å². The molecule has 1 nitrogen and oxygen atoms in total. The molecule has 0 unspecified atom stereocenters. The number of allylic oxidation sites excluding steroid dienone is 2. The molecule has 2 heteroatoms. The minimum Gasteiger partial charge on any atom is -0.385 e. The Labute approximate surface area is 102 Å². The Morgan fingerprint density at radius 2 is 2.00 bits per heavy atom. The monoisotopic (exact) mass is 234 g/mol. The molecule has 0 heterocycles. The van der Waals surface area contributed by atoms with Gasteiger partial charge in [-0.05, 0) is 32.4 Å². The van der Waals surface area contributed by atoms with Crippen LogP contribution >= 0.6 is 11.8 Å². The van der Waals surface area contributed by atoms with Gasteiger partial charge in [-0.1, -0.05) is 42.1 Å². The first-order chi connectivity index (χ1) is 7.54. The highest BCUT2D eigenvalue weighted by atomic mass is 32.2. The van der Waals surface area contributed by atoms with Crippen LogP contribution < -0.4 is 0 Å². The van der Waals surface area contributed by atoms with Crippen molar-refractivity contribution in [2.24, 2.45) is 0 Å². The molecule has 0 amide bonds. The van der Waals surface area contributed by atoms with Gasteiger partial charge in [-0.15, -0.1) is 6.58 Å². The van der Waals surface area contributed by atoms with Gasteiger partial charge in [0.15, 0.2) is 0 Å². The topological polar surface area (TPSA) is 20.2 Å². The van der Waals surface area contributed by atoms with Crippen molar-refractivity contribution in [1.82, 2.24) is 0 Å². The maximum Gasteiger partial charge on any atom is 0.0898 e. The summed E-state index contributed by atoms with van der Waals surface area (Å²) in [5.74, 6) is 0. The largest absolute Gasteiger partial charge is 0.385 e. The third kappa shape index (κ3) is 4.25. The zero-order valence-electron chi connectivity index (χ0n) is 9.81. The summed E-state index contributed by atoms with van der Waals surface area (Å²) in [4.78, 5) is 2.10. The van der Waals surface area contributed by atoms with Crippen LogP contribution in [0.1, 0.15) is 20.3 Å². The Bertz CT molecular complexity index is 360. The van der Waals surface area contributed by atoms with Gasteiger partial charge >= 0.3 is 0 Å². The zero-order chi connectivity index (χ0) is 12.0. The van der Waals surface area contributed by atoms with Crippen LogP contribution in [0.3, 0.4) is 0 Å². The molecule has 16 heavy (non-hydrogen) atoms. The van der Waals surface area contributed by atoms with Crippen molar-refractivity contribution in [1.29, 1.82) is 0 Å². The second-order valence-corrected chi connectivity index (χ2v) is 5.18. The smallest absolute Gasteiger partial charge is 0.0898 e. The van der Waals surface area contributed by atoms with E-state index in [1.165, 1.54) is 0 Å². The van der Waals surface area contributed by atoms with Crippen LogP contribution in [0.15, 0.2) is 58.9 Å². The lowest BCUT2D eigenvalue weighted by Gasteiger charge is -2.21. The lowest BCUT2D eigenvalue weighted by Crippen LogP contribution is -2.19. The predicted molar refractivity (Wildman–Crippen MR) is 71.5 cm³/mol. The number of aliphatic hydroxyl groups is 1. The maximum atomic E-state index is 10.0. The van der Waals surface area contributed by atoms with Crippen LogP contribution in [0, 0.1) is 0 Å². The van der Waals surface area contributed by atoms with Gasteiger partial charge in [-0.2, -0.15) is 0 Å². The zero-order valence-corrected chi connectivity index (χ0v) is 10.6. The third-order valence-corrected chi connectivity index (χ3v) is 3.44. The molecule has 86 valence electrons. The Balaban J connectivity index is 2.84. The Hall–Kier alpha value is -0.990. The molecule has 1 aromatic carbocycles. The Morgan fingerprint density at radius 3 is 2.50 bits per heavy atom. The highest BCUT2D eigenvalue weighted by Gasteiger charge is 2.19. The minimum absolute atomic E-state index is 0.777. The van der Waals surface area contributed by atoms with E-state index in [2.05, 4.69) is 6.58 Å². The fourth-order valence-corrected chi connectivity index (χ4v) is 2.20. The van der Waals surface area contributed by atoms with Crippen molar-refractivity contribution in [3.63, 3.8) is 0 Å². The van der Waals surface area contributed by atoms with E-state index in [1.54, 1.807) is 25.6 Å². The summed E-state index contributed by atoms with van der Waals surface area (Å²) < 4.78 is 0. The molecule has 0 spiro atoms. The van der Waals surface area contributed by atoms with Gasteiger partial charge in [-0.3, -0.25) is 0 Å². The lowest BCUT2D eigenvalue weighted by molar-refractivity contribution is 0.129. The van der Waals surface area contributed by atoms with E-state index < -0.39 is 5.60 Å². The summed E-state index contributed by atoms with van der Waals surface area (Å²) in [5.41, 5.74) is -0.802. The first kappa shape index (κ1) is 13.1. The standard InChI is InChI=1S/C14H18OS/c1-4-5-11-13(14(2,3)15)16-12-9-7-6-8-10-12/h4,6-11,15H,1,5H2,2-3H3/b13-11+. The molecule has 0 saturated heterocycles. The van der Waals surface area contributed by atoms with Gasteiger partial charge in [0.2, 0.25) is 0 Å². The number of rotatable bonds is 5. The first-order valence-corrected chi connectivity index (χ1v) is 6.12. The molecule has 0 atom stereocenters. The van der Waals surface area contributed by atoms with E-state index in [0.717, 1.165) is 16.2 Å². The summed E-state index contributed by atoms with van der Waals surface area (Å²) in [7, 11) is 0. The van der Waals surface area contributed by atoms with Gasteiger partial charge in [-0.25, -0.2) is 0 Å². The molecule has 0 aliphatic rings. The molecule has 0 aliphatic carbocycles. The van der Waals surface area contributed by atoms with Crippen LogP contribution in [-0.2, 0) is 0 Å². The second-order valence-electron chi connectivity index (χ2n) is 4.07. The second kappa shape index (κ2) is 5.92. The van der Waals surface area contributed by atoms with Crippen LogP contribution in [0.2, 0.25) is 0 Å². The maximum absolute atomic E-state index is 10.0. The Kier molecular flexibility index (Phi) is 4.84. The molecule has 0 aliphatic heterocycles. The van der Waals surface area contributed by atoms with Gasteiger partial charge in [0, 0.05) is 9.80 Å². The average Bonchev–Trinajstić information content (AvgIpc) is 2.24. The van der Waals surface area contributed by atoms with E-state index in [9.17, 15) is 5.11 Å². The normalized spacial score (nSPS) is 12.6. The summed E-state index contributed by atoms with van der Waals surface area (Å²) >= 11 is 1.60. The van der Waals surface area contributed by atoms with Crippen molar-refractivity contribution >= 4 is 11.8 Å². The van der Waals surface area contributed by atoms with E-state index in [1.807, 2.05) is 42.5 Å². The van der Waals surface area contributed by atoms with Gasteiger partial charge < -0.3 is 5.11 Å². The SMILES string of the molecule is C=CC/C=C(/Sc1ccccc1)C(C)(C)O. The van der Waals surface area contributed by atoms with Gasteiger partial charge in [0.05, 0.1) is 5.60 Å². The summed E-state index contributed by atoms with van der Waals surface area (Å²) in [5, 5.41) is 10.0. The van der Waals surface area contributed by atoms with E-state index in [0.29, 0.717) is 0 Å². The molecule has 0 fully saturated rings.